The lowest BCUT2D eigenvalue weighted by molar-refractivity contribution is -0.168. The van der Waals surface area contributed by atoms with Crippen molar-refractivity contribution >= 4 is 11.9 Å². The van der Waals surface area contributed by atoms with Gasteiger partial charge < -0.3 is 19.3 Å². The van der Waals surface area contributed by atoms with Crippen LogP contribution >= 0.6 is 0 Å². The lowest BCUT2D eigenvalue weighted by Crippen LogP contribution is -2.54. The summed E-state index contributed by atoms with van der Waals surface area (Å²) in [6, 6.07) is 0. The van der Waals surface area contributed by atoms with Crippen LogP contribution in [0.2, 0.25) is 0 Å². The summed E-state index contributed by atoms with van der Waals surface area (Å²) in [5, 5.41) is 10.8. The summed E-state index contributed by atoms with van der Waals surface area (Å²) in [5.74, 6) is -0.931. The summed E-state index contributed by atoms with van der Waals surface area (Å²) in [7, 11) is 2.63. The van der Waals surface area contributed by atoms with E-state index in [1.54, 1.807) is 0 Å². The van der Waals surface area contributed by atoms with Crippen LogP contribution in [0.15, 0.2) is 0 Å². The van der Waals surface area contributed by atoms with Crippen molar-refractivity contribution in [3.05, 3.63) is 0 Å². The largest absolute Gasteiger partial charge is 0.469 e. The Kier molecular flexibility index (Phi) is 9.25. The van der Waals surface area contributed by atoms with Gasteiger partial charge in [0.25, 0.3) is 0 Å². The second-order valence-electron chi connectivity index (χ2n) is 6.34. The number of nitrogens with zero attached hydrogens (tertiary/aromatic N) is 1. The van der Waals surface area contributed by atoms with Gasteiger partial charge in [-0.15, -0.1) is 0 Å². The Morgan fingerprint density at radius 1 is 1.25 bits per heavy atom. The molecule has 0 spiro atoms. The van der Waals surface area contributed by atoms with Crippen LogP contribution in [-0.2, 0) is 23.8 Å². The van der Waals surface area contributed by atoms with Crippen molar-refractivity contribution in [1.82, 2.24) is 4.90 Å². The van der Waals surface area contributed by atoms with E-state index in [0.717, 1.165) is 25.7 Å². The molecular weight excluding hydrogens is 314 g/mol. The molecule has 0 saturated carbocycles. The smallest absolute Gasteiger partial charge is 0.339 e. The highest BCUT2D eigenvalue weighted by Crippen LogP contribution is 2.21. The number of carbonyl (C=O) groups excluding carboxylic acids is 2. The Morgan fingerprint density at radius 3 is 2.62 bits per heavy atom. The minimum Gasteiger partial charge on any atom is -0.469 e. The number of methoxy groups -OCH3 is 2. The molecule has 1 aliphatic heterocycles. The molecule has 7 nitrogen and oxygen atoms in total. The van der Waals surface area contributed by atoms with Gasteiger partial charge in [0.15, 0.2) is 5.60 Å². The van der Waals surface area contributed by atoms with E-state index >= 15 is 0 Å². The average molecular weight is 345 g/mol. The molecule has 7 heteroatoms. The first-order valence-corrected chi connectivity index (χ1v) is 8.66. The van der Waals surface area contributed by atoms with E-state index in [0.29, 0.717) is 26.1 Å². The Balaban J connectivity index is 2.60. The minimum absolute atomic E-state index is 0.167. The third kappa shape index (κ3) is 6.75. The first kappa shape index (κ1) is 20.9. The zero-order valence-corrected chi connectivity index (χ0v) is 15.1. The van der Waals surface area contributed by atoms with Gasteiger partial charge in [-0.2, -0.15) is 0 Å². The first-order chi connectivity index (χ1) is 11.4. The number of aliphatic hydroxyl groups is 1. The third-order valence-electron chi connectivity index (χ3n) is 4.34. The molecule has 1 heterocycles. The number of morpholine rings is 1. The molecule has 1 fully saturated rings. The SMILES string of the molecule is CCCCCC[C@@](O)(CN1CCO[C@H](CC(=O)OC)C1)C(=O)OC. The molecule has 1 N–H and O–H groups in total. The number of ether oxygens (including phenoxy) is 3. The number of β-amino-alcohol motifs (C(OH)–C–C–N with tert-alkyl or cyclic N) is 1. The van der Waals surface area contributed by atoms with Gasteiger partial charge >= 0.3 is 11.9 Å². The molecular formula is C17H31NO6. The van der Waals surface area contributed by atoms with Gasteiger partial charge in [-0.3, -0.25) is 9.69 Å². The number of rotatable bonds is 10. The van der Waals surface area contributed by atoms with E-state index < -0.39 is 11.6 Å². The maximum Gasteiger partial charge on any atom is 0.339 e. The van der Waals surface area contributed by atoms with Crippen LogP contribution in [0.25, 0.3) is 0 Å². The van der Waals surface area contributed by atoms with Crippen molar-refractivity contribution in [2.45, 2.75) is 57.2 Å². The van der Waals surface area contributed by atoms with E-state index in [2.05, 4.69) is 11.7 Å². The molecule has 0 unspecified atom stereocenters. The predicted molar refractivity (Wildman–Crippen MR) is 88.5 cm³/mol. The van der Waals surface area contributed by atoms with Gasteiger partial charge in [-0.05, 0) is 12.8 Å². The molecule has 24 heavy (non-hydrogen) atoms. The highest BCUT2D eigenvalue weighted by molar-refractivity contribution is 5.79. The van der Waals surface area contributed by atoms with Crippen LogP contribution in [0.4, 0.5) is 0 Å². The number of unbranched alkanes of at least 4 members (excludes halogenated alkanes) is 3. The number of hydrogen-bond donors (Lipinski definition) is 1. The highest BCUT2D eigenvalue weighted by atomic mass is 16.5. The molecule has 0 aromatic rings. The van der Waals surface area contributed by atoms with Gasteiger partial charge in [0.05, 0.1) is 33.4 Å². The van der Waals surface area contributed by atoms with Crippen molar-refractivity contribution in [2.24, 2.45) is 0 Å². The zero-order chi connectivity index (χ0) is 18.0. The predicted octanol–water partition coefficient (Wildman–Crippen LogP) is 1.12. The third-order valence-corrected chi connectivity index (χ3v) is 4.34. The van der Waals surface area contributed by atoms with Gasteiger partial charge in [0, 0.05) is 19.6 Å². The van der Waals surface area contributed by atoms with E-state index in [4.69, 9.17) is 9.47 Å². The first-order valence-electron chi connectivity index (χ1n) is 8.66. The quantitative estimate of drug-likeness (QED) is 0.469. The Morgan fingerprint density at radius 2 is 2.00 bits per heavy atom. The van der Waals surface area contributed by atoms with Crippen molar-refractivity contribution < 1.29 is 28.9 Å². The standard InChI is InChI=1S/C17H31NO6/c1-4-5-6-7-8-17(21,16(20)23-3)13-18-9-10-24-14(12-18)11-15(19)22-2/h14,21H,4-13H2,1-3H3/t14-,17-/m1/s1. The topological polar surface area (TPSA) is 85.3 Å². The molecule has 1 aliphatic rings. The molecule has 0 bridgehead atoms. The van der Waals surface area contributed by atoms with E-state index in [9.17, 15) is 14.7 Å². The van der Waals surface area contributed by atoms with E-state index in [1.807, 2.05) is 4.90 Å². The molecule has 0 aromatic heterocycles. The molecule has 140 valence electrons. The summed E-state index contributed by atoms with van der Waals surface area (Å²) in [4.78, 5) is 25.4. The summed E-state index contributed by atoms with van der Waals surface area (Å²) in [6.07, 6.45) is 4.18. The number of esters is 2. The fourth-order valence-electron chi connectivity index (χ4n) is 2.97. The van der Waals surface area contributed by atoms with Crippen molar-refractivity contribution in [1.29, 1.82) is 0 Å². The van der Waals surface area contributed by atoms with Crippen molar-refractivity contribution in [3.63, 3.8) is 0 Å². The highest BCUT2D eigenvalue weighted by Gasteiger charge is 2.39. The summed E-state index contributed by atoms with van der Waals surface area (Å²) < 4.78 is 15.0. The molecule has 0 aromatic carbocycles. The zero-order valence-electron chi connectivity index (χ0n) is 15.1. The number of hydrogen-bond acceptors (Lipinski definition) is 7. The Bertz CT molecular complexity index is 403. The second kappa shape index (κ2) is 10.6. The normalized spacial score (nSPS) is 21.1. The van der Waals surface area contributed by atoms with Gasteiger partial charge in [0.2, 0.25) is 0 Å². The van der Waals surface area contributed by atoms with Gasteiger partial charge in [0.1, 0.15) is 0 Å². The maximum atomic E-state index is 12.1. The minimum atomic E-state index is -1.52. The summed E-state index contributed by atoms with van der Waals surface area (Å²) in [6.45, 7) is 3.83. The van der Waals surface area contributed by atoms with Crippen molar-refractivity contribution in [2.75, 3.05) is 40.5 Å². The molecule has 1 rings (SSSR count). The van der Waals surface area contributed by atoms with E-state index in [1.165, 1.54) is 14.2 Å². The van der Waals surface area contributed by atoms with E-state index in [-0.39, 0.29) is 25.0 Å². The molecule has 1 saturated heterocycles. The van der Waals surface area contributed by atoms with Crippen LogP contribution in [0, 0.1) is 0 Å². The lowest BCUT2D eigenvalue weighted by atomic mass is 9.94. The van der Waals surface area contributed by atoms with Crippen molar-refractivity contribution in [3.8, 4) is 0 Å². The van der Waals surface area contributed by atoms with Gasteiger partial charge in [-0.1, -0.05) is 26.2 Å². The average Bonchev–Trinajstić information content (AvgIpc) is 2.58. The Hall–Kier alpha value is -1.18. The fourth-order valence-corrected chi connectivity index (χ4v) is 2.97. The molecule has 0 radical (unpaired) electrons. The fraction of sp³-hybridized carbons (Fsp3) is 0.882. The maximum absolute atomic E-state index is 12.1. The number of carbonyl (C=O) groups is 2. The second-order valence-corrected chi connectivity index (χ2v) is 6.34. The molecule has 0 amide bonds. The Labute approximate surface area is 144 Å². The summed E-state index contributed by atoms with van der Waals surface area (Å²) in [5.41, 5.74) is -1.52. The monoisotopic (exact) mass is 345 g/mol. The lowest BCUT2D eigenvalue weighted by Gasteiger charge is -2.37. The van der Waals surface area contributed by atoms with Crippen LogP contribution in [0.5, 0.6) is 0 Å². The van der Waals surface area contributed by atoms with Crippen LogP contribution in [0.1, 0.15) is 45.4 Å². The summed E-state index contributed by atoms with van der Waals surface area (Å²) >= 11 is 0. The van der Waals surface area contributed by atoms with Crippen LogP contribution in [-0.4, -0.2) is 74.1 Å². The van der Waals surface area contributed by atoms with Gasteiger partial charge in [-0.25, -0.2) is 4.79 Å². The van der Waals surface area contributed by atoms with Crippen LogP contribution in [0.3, 0.4) is 0 Å². The molecule has 0 aliphatic carbocycles. The van der Waals surface area contributed by atoms with Crippen LogP contribution < -0.4 is 0 Å². The molecule has 2 atom stereocenters.